The van der Waals surface area contributed by atoms with Crippen molar-refractivity contribution in [3.63, 3.8) is 0 Å². The summed E-state index contributed by atoms with van der Waals surface area (Å²) in [5, 5.41) is 2.47. The molecule has 10 heteroatoms. The fourth-order valence-electron chi connectivity index (χ4n) is 3.48. The van der Waals surface area contributed by atoms with Crippen LogP contribution in [0.5, 0.6) is 5.75 Å². The molecule has 0 bridgehead atoms. The van der Waals surface area contributed by atoms with Crippen molar-refractivity contribution in [1.29, 1.82) is 0 Å². The zero-order valence-electron chi connectivity index (χ0n) is 19.0. The van der Waals surface area contributed by atoms with Crippen molar-refractivity contribution < 1.29 is 32.6 Å². The standard InChI is InChI=1S/C24H23F2N3O5/c1-13-12-19(14(2)29(13)17-8-10-18(11-9-17)34-24(25)26)22(31)15(3)33-23(32)20-6-5-7-21(28-20)27-16(4)30/h5-12,15,24H,1-4H3,(H,27,28,30)/t15-/m0/s1. The summed E-state index contributed by atoms with van der Waals surface area (Å²) in [6.45, 7) is 3.38. The molecular weight excluding hydrogens is 448 g/mol. The summed E-state index contributed by atoms with van der Waals surface area (Å²) >= 11 is 0. The van der Waals surface area contributed by atoms with Gasteiger partial charge in [-0.1, -0.05) is 6.07 Å². The average Bonchev–Trinajstić information content (AvgIpc) is 3.07. The summed E-state index contributed by atoms with van der Waals surface area (Å²) in [7, 11) is 0. The minimum Gasteiger partial charge on any atom is -0.450 e. The van der Waals surface area contributed by atoms with Crippen LogP contribution in [0.4, 0.5) is 14.6 Å². The number of hydrogen-bond donors (Lipinski definition) is 1. The number of halogens is 2. The topological polar surface area (TPSA) is 99.5 Å². The average molecular weight is 471 g/mol. The van der Waals surface area contributed by atoms with Crippen LogP contribution in [-0.4, -0.2) is 39.9 Å². The van der Waals surface area contributed by atoms with Gasteiger partial charge in [0, 0.05) is 29.6 Å². The van der Waals surface area contributed by atoms with E-state index < -0.39 is 24.5 Å². The molecule has 178 valence electrons. The Morgan fingerprint density at radius 3 is 2.35 bits per heavy atom. The summed E-state index contributed by atoms with van der Waals surface area (Å²) in [5.41, 5.74) is 2.28. The van der Waals surface area contributed by atoms with Crippen molar-refractivity contribution in [2.75, 3.05) is 5.32 Å². The SMILES string of the molecule is CC(=O)Nc1cccc(C(=O)O[C@@H](C)C(=O)c2cc(C)n(-c3ccc(OC(F)F)cc3)c2C)n1. The van der Waals surface area contributed by atoms with Crippen molar-refractivity contribution in [2.45, 2.75) is 40.4 Å². The second kappa shape index (κ2) is 10.2. The molecule has 2 aromatic heterocycles. The van der Waals surface area contributed by atoms with E-state index in [1.165, 1.54) is 44.2 Å². The highest BCUT2D eigenvalue weighted by atomic mass is 19.3. The molecule has 0 aliphatic carbocycles. The maximum Gasteiger partial charge on any atom is 0.387 e. The second-order valence-electron chi connectivity index (χ2n) is 7.49. The van der Waals surface area contributed by atoms with Crippen LogP contribution < -0.4 is 10.1 Å². The quantitative estimate of drug-likeness (QED) is 0.384. The lowest BCUT2D eigenvalue weighted by molar-refractivity contribution is -0.114. The van der Waals surface area contributed by atoms with E-state index in [9.17, 15) is 23.2 Å². The van der Waals surface area contributed by atoms with Gasteiger partial charge in [-0.15, -0.1) is 0 Å². The van der Waals surface area contributed by atoms with Gasteiger partial charge in [0.1, 0.15) is 11.6 Å². The van der Waals surface area contributed by atoms with Crippen LogP contribution in [-0.2, 0) is 9.53 Å². The number of Topliss-reactive ketones (excluding diaryl/α,β-unsaturated/α-hetero) is 1. The number of anilines is 1. The van der Waals surface area contributed by atoms with Gasteiger partial charge in [0.15, 0.2) is 11.8 Å². The molecule has 0 unspecified atom stereocenters. The fourth-order valence-corrected chi connectivity index (χ4v) is 3.48. The molecule has 1 N–H and O–H groups in total. The Kier molecular flexibility index (Phi) is 7.40. The first-order valence-corrected chi connectivity index (χ1v) is 10.3. The molecule has 2 heterocycles. The van der Waals surface area contributed by atoms with E-state index in [0.717, 1.165) is 5.69 Å². The van der Waals surface area contributed by atoms with Gasteiger partial charge in [-0.3, -0.25) is 9.59 Å². The molecule has 1 amide bonds. The Labute approximate surface area is 194 Å². The number of pyridine rings is 1. The molecule has 0 saturated carbocycles. The number of rotatable bonds is 8. The Balaban J connectivity index is 1.77. The van der Waals surface area contributed by atoms with E-state index in [-0.39, 0.29) is 23.2 Å². The number of benzene rings is 1. The van der Waals surface area contributed by atoms with Crippen molar-refractivity contribution in [3.8, 4) is 11.4 Å². The summed E-state index contributed by atoms with van der Waals surface area (Å²) < 4.78 is 36.2. The minimum absolute atomic E-state index is 0.0224. The number of nitrogens with one attached hydrogen (secondary N) is 1. The lowest BCUT2D eigenvalue weighted by atomic mass is 10.1. The number of esters is 1. The third-order valence-electron chi connectivity index (χ3n) is 4.93. The van der Waals surface area contributed by atoms with Gasteiger partial charge in [0.2, 0.25) is 11.7 Å². The molecule has 3 aromatic rings. The van der Waals surface area contributed by atoms with Crippen LogP contribution in [0.15, 0.2) is 48.5 Å². The van der Waals surface area contributed by atoms with Crippen molar-refractivity contribution in [2.24, 2.45) is 0 Å². The molecule has 0 aliphatic rings. The van der Waals surface area contributed by atoms with Crippen LogP contribution >= 0.6 is 0 Å². The Bertz CT molecular complexity index is 1220. The number of carbonyl (C=O) groups excluding carboxylic acids is 3. The molecule has 0 radical (unpaired) electrons. The van der Waals surface area contributed by atoms with Crippen molar-refractivity contribution >= 4 is 23.5 Å². The van der Waals surface area contributed by atoms with E-state index >= 15 is 0 Å². The summed E-state index contributed by atoms with van der Waals surface area (Å²) in [6.07, 6.45) is -1.10. The lowest BCUT2D eigenvalue weighted by Gasteiger charge is -2.14. The fraction of sp³-hybridized carbons (Fsp3) is 0.250. The van der Waals surface area contributed by atoms with Gasteiger partial charge in [0.05, 0.1) is 0 Å². The highest BCUT2D eigenvalue weighted by Crippen LogP contribution is 2.25. The number of aromatic nitrogens is 2. The highest BCUT2D eigenvalue weighted by molar-refractivity contribution is 6.02. The highest BCUT2D eigenvalue weighted by Gasteiger charge is 2.25. The molecule has 8 nitrogen and oxygen atoms in total. The van der Waals surface area contributed by atoms with Crippen LogP contribution in [0.1, 0.15) is 46.1 Å². The van der Waals surface area contributed by atoms with Crippen LogP contribution in [0.2, 0.25) is 0 Å². The summed E-state index contributed by atoms with van der Waals surface area (Å²) in [6, 6.07) is 12.2. The smallest absolute Gasteiger partial charge is 0.387 e. The molecular formula is C24H23F2N3O5. The monoisotopic (exact) mass is 471 g/mol. The predicted octanol–water partition coefficient (Wildman–Crippen LogP) is 4.48. The molecule has 0 spiro atoms. The number of alkyl halides is 2. The van der Waals surface area contributed by atoms with Gasteiger partial charge in [0.25, 0.3) is 0 Å². The zero-order valence-corrected chi connectivity index (χ0v) is 19.0. The Morgan fingerprint density at radius 2 is 1.74 bits per heavy atom. The van der Waals surface area contributed by atoms with E-state index in [1.807, 2.05) is 0 Å². The third kappa shape index (κ3) is 5.64. The first-order valence-electron chi connectivity index (χ1n) is 10.3. The molecule has 3 rings (SSSR count). The minimum atomic E-state index is -2.92. The molecule has 0 saturated heterocycles. The lowest BCUT2D eigenvalue weighted by Crippen LogP contribution is -2.25. The summed E-state index contributed by atoms with van der Waals surface area (Å²) in [4.78, 5) is 40.8. The van der Waals surface area contributed by atoms with E-state index in [4.69, 9.17) is 4.74 Å². The number of carbonyl (C=O) groups is 3. The zero-order chi connectivity index (χ0) is 25.0. The van der Waals surface area contributed by atoms with Gasteiger partial charge in [-0.05, 0) is 63.2 Å². The number of amides is 1. The van der Waals surface area contributed by atoms with Gasteiger partial charge < -0.3 is 19.4 Å². The Hall–Kier alpha value is -4.08. The van der Waals surface area contributed by atoms with Crippen LogP contribution in [0.3, 0.4) is 0 Å². The number of ketones is 1. The molecule has 1 aromatic carbocycles. The molecule has 34 heavy (non-hydrogen) atoms. The summed E-state index contributed by atoms with van der Waals surface area (Å²) in [5.74, 6) is -1.35. The van der Waals surface area contributed by atoms with Gasteiger partial charge >= 0.3 is 12.6 Å². The number of hydrogen-bond acceptors (Lipinski definition) is 6. The van der Waals surface area contributed by atoms with Gasteiger partial charge in [-0.25, -0.2) is 9.78 Å². The van der Waals surface area contributed by atoms with Gasteiger partial charge in [-0.2, -0.15) is 8.78 Å². The van der Waals surface area contributed by atoms with Crippen LogP contribution in [0, 0.1) is 13.8 Å². The second-order valence-corrected chi connectivity index (χ2v) is 7.49. The first kappa shape index (κ1) is 24.6. The largest absolute Gasteiger partial charge is 0.450 e. The van der Waals surface area contributed by atoms with E-state index in [1.54, 1.807) is 36.6 Å². The van der Waals surface area contributed by atoms with E-state index in [2.05, 4.69) is 15.0 Å². The predicted molar refractivity (Wildman–Crippen MR) is 120 cm³/mol. The number of nitrogens with zero attached hydrogens (tertiary/aromatic N) is 2. The normalized spacial score (nSPS) is 11.7. The van der Waals surface area contributed by atoms with Crippen molar-refractivity contribution in [3.05, 3.63) is 71.2 Å². The molecule has 1 atom stereocenters. The van der Waals surface area contributed by atoms with Crippen LogP contribution in [0.25, 0.3) is 5.69 Å². The number of aryl methyl sites for hydroxylation is 1. The maximum atomic E-state index is 13.0. The van der Waals surface area contributed by atoms with E-state index in [0.29, 0.717) is 16.9 Å². The third-order valence-corrected chi connectivity index (χ3v) is 4.93. The molecule has 0 fully saturated rings. The maximum absolute atomic E-state index is 13.0. The number of ether oxygens (including phenoxy) is 2. The molecule has 0 aliphatic heterocycles. The first-order chi connectivity index (χ1) is 16.1. The Morgan fingerprint density at radius 1 is 1.06 bits per heavy atom. The van der Waals surface area contributed by atoms with Crippen molar-refractivity contribution in [1.82, 2.24) is 9.55 Å².